The van der Waals surface area contributed by atoms with Crippen LogP contribution in [0.4, 0.5) is 0 Å². The predicted molar refractivity (Wildman–Crippen MR) is 83.6 cm³/mol. The van der Waals surface area contributed by atoms with Crippen LogP contribution >= 0.6 is 0 Å². The molecule has 8 atom stereocenters. The lowest BCUT2D eigenvalue weighted by atomic mass is 9.46. The van der Waals surface area contributed by atoms with Gasteiger partial charge in [-0.3, -0.25) is 0 Å². The summed E-state index contributed by atoms with van der Waals surface area (Å²) in [6, 6.07) is 0. The molecular formula is C19H30O2. The van der Waals surface area contributed by atoms with Gasteiger partial charge < -0.3 is 10.2 Å². The fraction of sp³-hybridized carbons (Fsp3) is 0.895. The van der Waals surface area contributed by atoms with Crippen molar-refractivity contribution in [1.29, 1.82) is 0 Å². The van der Waals surface area contributed by atoms with E-state index in [9.17, 15) is 10.2 Å². The van der Waals surface area contributed by atoms with Crippen LogP contribution in [0, 0.1) is 34.5 Å². The van der Waals surface area contributed by atoms with Crippen LogP contribution in [0.5, 0.6) is 0 Å². The minimum absolute atomic E-state index is 0.0716. The quantitative estimate of drug-likeness (QED) is 0.670. The van der Waals surface area contributed by atoms with Gasteiger partial charge in [0.2, 0.25) is 0 Å². The molecule has 0 bridgehead atoms. The molecule has 0 saturated heterocycles. The molecular weight excluding hydrogens is 260 g/mol. The highest BCUT2D eigenvalue weighted by Crippen LogP contribution is 2.65. The van der Waals surface area contributed by atoms with Gasteiger partial charge in [0.25, 0.3) is 0 Å². The topological polar surface area (TPSA) is 40.5 Å². The van der Waals surface area contributed by atoms with Crippen LogP contribution < -0.4 is 0 Å². The number of hydrogen-bond donors (Lipinski definition) is 2. The van der Waals surface area contributed by atoms with E-state index in [1.807, 2.05) is 0 Å². The molecule has 3 saturated carbocycles. The molecule has 0 spiro atoms. The second kappa shape index (κ2) is 4.58. The highest BCUT2D eigenvalue weighted by atomic mass is 16.3. The number of rotatable bonds is 0. The van der Waals surface area contributed by atoms with Gasteiger partial charge in [-0.15, -0.1) is 0 Å². The van der Waals surface area contributed by atoms with Gasteiger partial charge in [0.15, 0.2) is 0 Å². The molecule has 0 aromatic rings. The van der Waals surface area contributed by atoms with Crippen molar-refractivity contribution in [3.8, 4) is 0 Å². The summed E-state index contributed by atoms with van der Waals surface area (Å²) in [7, 11) is 0. The normalized spacial score (nSPS) is 59.2. The monoisotopic (exact) mass is 290 g/mol. The van der Waals surface area contributed by atoms with Gasteiger partial charge >= 0.3 is 0 Å². The minimum Gasteiger partial charge on any atom is -0.393 e. The minimum atomic E-state index is -0.221. The van der Waals surface area contributed by atoms with Crippen molar-refractivity contribution in [1.82, 2.24) is 0 Å². The lowest BCUT2D eigenvalue weighted by Gasteiger charge is -2.59. The average molecular weight is 290 g/mol. The molecule has 4 aliphatic rings. The van der Waals surface area contributed by atoms with Gasteiger partial charge in [0.1, 0.15) is 0 Å². The summed E-state index contributed by atoms with van der Waals surface area (Å²) >= 11 is 0. The van der Waals surface area contributed by atoms with E-state index in [0.717, 1.165) is 30.6 Å². The van der Waals surface area contributed by atoms with Crippen molar-refractivity contribution in [3.63, 3.8) is 0 Å². The highest BCUT2D eigenvalue weighted by molar-refractivity contribution is 5.17. The molecule has 21 heavy (non-hydrogen) atoms. The second-order valence-corrected chi connectivity index (χ2v) is 8.82. The maximum Gasteiger partial charge on any atom is 0.0724 e. The summed E-state index contributed by atoms with van der Waals surface area (Å²) in [5, 5.41) is 20.4. The number of aliphatic hydroxyl groups is 2. The van der Waals surface area contributed by atoms with E-state index in [0.29, 0.717) is 5.92 Å². The Kier molecular flexibility index (Phi) is 3.11. The van der Waals surface area contributed by atoms with E-state index in [4.69, 9.17) is 0 Å². The molecule has 4 rings (SSSR count). The number of allylic oxidation sites excluding steroid dienone is 1. The lowest BCUT2D eigenvalue weighted by Crippen LogP contribution is -2.53. The van der Waals surface area contributed by atoms with E-state index in [1.54, 1.807) is 0 Å². The largest absolute Gasteiger partial charge is 0.393 e. The fourth-order valence-electron chi connectivity index (χ4n) is 6.76. The molecule has 0 aliphatic heterocycles. The van der Waals surface area contributed by atoms with Crippen molar-refractivity contribution in [2.24, 2.45) is 34.5 Å². The Labute approximate surface area is 128 Å². The van der Waals surface area contributed by atoms with Gasteiger partial charge in [-0.05, 0) is 79.4 Å². The average Bonchev–Trinajstić information content (AvgIpc) is 2.76. The van der Waals surface area contributed by atoms with Crippen LogP contribution in [-0.4, -0.2) is 22.4 Å². The zero-order chi connectivity index (χ0) is 14.8. The third kappa shape index (κ3) is 1.84. The smallest absolute Gasteiger partial charge is 0.0724 e. The number of fused-ring (bicyclic) bond motifs is 5. The van der Waals surface area contributed by atoms with E-state index >= 15 is 0 Å². The van der Waals surface area contributed by atoms with E-state index in [2.05, 4.69) is 26.0 Å². The molecule has 3 fully saturated rings. The van der Waals surface area contributed by atoms with Crippen LogP contribution in [0.25, 0.3) is 0 Å². The molecule has 0 amide bonds. The van der Waals surface area contributed by atoms with Gasteiger partial charge in [-0.25, -0.2) is 0 Å². The molecule has 2 N–H and O–H groups in total. The van der Waals surface area contributed by atoms with Crippen LogP contribution in [0.1, 0.15) is 58.8 Å². The van der Waals surface area contributed by atoms with Crippen LogP contribution in [0.15, 0.2) is 12.2 Å². The van der Waals surface area contributed by atoms with Crippen molar-refractivity contribution in [2.45, 2.75) is 71.0 Å². The van der Waals surface area contributed by atoms with E-state index < -0.39 is 0 Å². The molecule has 0 heterocycles. The van der Waals surface area contributed by atoms with Gasteiger partial charge in [-0.1, -0.05) is 26.0 Å². The molecule has 2 nitrogen and oxygen atoms in total. The van der Waals surface area contributed by atoms with E-state index in [1.165, 1.54) is 32.1 Å². The van der Waals surface area contributed by atoms with Crippen molar-refractivity contribution < 1.29 is 10.2 Å². The van der Waals surface area contributed by atoms with Crippen molar-refractivity contribution in [2.75, 3.05) is 0 Å². The first-order chi connectivity index (χ1) is 9.95. The molecule has 0 aromatic heterocycles. The first-order valence-electron chi connectivity index (χ1n) is 9.00. The fourth-order valence-corrected chi connectivity index (χ4v) is 6.76. The number of hydrogen-bond acceptors (Lipinski definition) is 2. The molecule has 118 valence electrons. The Morgan fingerprint density at radius 2 is 1.76 bits per heavy atom. The highest BCUT2D eigenvalue weighted by Gasteiger charge is 2.59. The van der Waals surface area contributed by atoms with Gasteiger partial charge in [-0.2, -0.15) is 0 Å². The summed E-state index contributed by atoms with van der Waals surface area (Å²) in [6.45, 7) is 4.80. The van der Waals surface area contributed by atoms with Crippen LogP contribution in [-0.2, 0) is 0 Å². The summed E-state index contributed by atoms with van der Waals surface area (Å²) in [5.74, 6) is 2.95. The Hall–Kier alpha value is -0.340. The Balaban J connectivity index is 1.67. The first-order valence-corrected chi connectivity index (χ1v) is 9.00. The maximum atomic E-state index is 10.5. The molecule has 2 unspecified atom stereocenters. The molecule has 4 aliphatic carbocycles. The standard InChI is InChI=1S/C19H30O2/c1-18-9-7-13(20)11-12(18)3-4-14-15-5-6-17(21)19(15,2)10-8-16(14)18/h7,9,12-17,20-21H,3-6,8,10-11H2,1-2H3/t12?,13-,14+,15+,16+,17?,18+,19+/m1/s1. The predicted octanol–water partition coefficient (Wildman–Crippen LogP) is 3.53. The summed E-state index contributed by atoms with van der Waals surface area (Å²) < 4.78 is 0. The zero-order valence-corrected chi connectivity index (χ0v) is 13.5. The zero-order valence-electron chi connectivity index (χ0n) is 13.5. The SMILES string of the molecule is C[C@]12C=C[C@@H](O)CC1CC[C@@H]1[C@@H]2CC[C@]2(C)C(O)CC[C@@H]12. The first kappa shape index (κ1) is 14.3. The lowest BCUT2D eigenvalue weighted by molar-refractivity contribution is -0.0994. The molecule has 2 heteroatoms. The van der Waals surface area contributed by atoms with E-state index in [-0.39, 0.29) is 23.0 Å². The Bertz CT molecular complexity index is 458. The maximum absolute atomic E-state index is 10.5. The third-order valence-corrected chi connectivity index (χ3v) is 8.12. The van der Waals surface area contributed by atoms with Crippen LogP contribution in [0.2, 0.25) is 0 Å². The van der Waals surface area contributed by atoms with Gasteiger partial charge in [0.05, 0.1) is 12.2 Å². The summed E-state index contributed by atoms with van der Waals surface area (Å²) in [5.41, 5.74) is 0.472. The van der Waals surface area contributed by atoms with Crippen LogP contribution in [0.3, 0.4) is 0 Å². The molecule has 0 radical (unpaired) electrons. The molecule has 0 aromatic carbocycles. The van der Waals surface area contributed by atoms with Crippen molar-refractivity contribution in [3.05, 3.63) is 12.2 Å². The Morgan fingerprint density at radius 3 is 2.57 bits per heavy atom. The summed E-state index contributed by atoms with van der Waals surface area (Å²) in [6.07, 6.45) is 12.4. The third-order valence-electron chi connectivity index (χ3n) is 8.12. The van der Waals surface area contributed by atoms with Crippen molar-refractivity contribution >= 4 is 0 Å². The van der Waals surface area contributed by atoms with Gasteiger partial charge in [0, 0.05) is 0 Å². The number of aliphatic hydroxyl groups excluding tert-OH is 2. The summed E-state index contributed by atoms with van der Waals surface area (Å²) in [4.78, 5) is 0. The second-order valence-electron chi connectivity index (χ2n) is 8.82. The Morgan fingerprint density at radius 1 is 0.952 bits per heavy atom.